The van der Waals surface area contributed by atoms with E-state index < -0.39 is 17.4 Å². The number of hydrogen-bond donors (Lipinski definition) is 3. The van der Waals surface area contributed by atoms with Crippen molar-refractivity contribution in [2.45, 2.75) is 6.10 Å². The van der Waals surface area contributed by atoms with E-state index in [1.165, 1.54) is 7.05 Å². The minimum atomic E-state index is -0.710. The van der Waals surface area contributed by atoms with Crippen molar-refractivity contribution < 1.29 is 5.11 Å². The van der Waals surface area contributed by atoms with E-state index in [1.54, 1.807) is 11.6 Å². The van der Waals surface area contributed by atoms with Crippen LogP contribution in [-0.2, 0) is 14.1 Å². The molecular formula is C15H17N5O3. The van der Waals surface area contributed by atoms with Gasteiger partial charge in [0.25, 0.3) is 5.56 Å². The molecule has 8 heteroatoms. The van der Waals surface area contributed by atoms with E-state index in [2.05, 4.69) is 15.3 Å². The second-order valence-electron chi connectivity index (χ2n) is 5.29. The van der Waals surface area contributed by atoms with Crippen LogP contribution in [0.4, 0.5) is 5.95 Å². The van der Waals surface area contributed by atoms with Gasteiger partial charge in [-0.1, -0.05) is 30.3 Å². The highest BCUT2D eigenvalue weighted by molar-refractivity contribution is 5.73. The Kier molecular flexibility index (Phi) is 3.75. The number of H-pyrrole nitrogens is 1. The highest BCUT2D eigenvalue weighted by Gasteiger charge is 2.15. The summed E-state index contributed by atoms with van der Waals surface area (Å²) in [5.74, 6) is 0.397. The molecule has 2 heterocycles. The molecule has 0 saturated carbocycles. The van der Waals surface area contributed by atoms with Crippen LogP contribution < -0.4 is 16.6 Å². The van der Waals surface area contributed by atoms with Gasteiger partial charge in [0.1, 0.15) is 0 Å². The Morgan fingerprint density at radius 2 is 1.91 bits per heavy atom. The molecule has 3 aromatic rings. The summed E-state index contributed by atoms with van der Waals surface area (Å²) in [5.41, 5.74) is 0.357. The number of hydrogen-bond acceptors (Lipinski definition) is 5. The lowest BCUT2D eigenvalue weighted by Crippen LogP contribution is -2.33. The fourth-order valence-corrected chi connectivity index (χ4v) is 2.41. The maximum atomic E-state index is 12.1. The molecule has 3 N–H and O–H groups in total. The maximum absolute atomic E-state index is 12.1. The topological polar surface area (TPSA) is 105 Å². The molecule has 2 aromatic heterocycles. The van der Waals surface area contributed by atoms with E-state index in [0.29, 0.717) is 11.5 Å². The number of benzene rings is 1. The summed E-state index contributed by atoms with van der Waals surface area (Å²) in [6, 6.07) is 9.23. The lowest BCUT2D eigenvalue weighted by Gasteiger charge is -2.12. The van der Waals surface area contributed by atoms with E-state index in [-0.39, 0.29) is 12.2 Å². The largest absolute Gasteiger partial charge is 0.387 e. The highest BCUT2D eigenvalue weighted by atomic mass is 16.3. The summed E-state index contributed by atoms with van der Waals surface area (Å²) >= 11 is 0. The van der Waals surface area contributed by atoms with E-state index in [4.69, 9.17) is 0 Å². The summed E-state index contributed by atoms with van der Waals surface area (Å²) in [6.45, 7) is 0.228. The number of nitrogens with one attached hydrogen (secondary N) is 2. The first kappa shape index (κ1) is 15.0. The van der Waals surface area contributed by atoms with Crippen molar-refractivity contribution in [3.8, 4) is 0 Å². The molecule has 0 aliphatic rings. The zero-order chi connectivity index (χ0) is 16.6. The Bertz CT molecular complexity index is 955. The van der Waals surface area contributed by atoms with Crippen LogP contribution >= 0.6 is 0 Å². The van der Waals surface area contributed by atoms with Gasteiger partial charge in [-0.3, -0.25) is 14.3 Å². The molecule has 0 aliphatic heterocycles. The number of fused-ring (bicyclic) bond motifs is 1. The third-order valence-electron chi connectivity index (χ3n) is 3.77. The lowest BCUT2D eigenvalue weighted by atomic mass is 10.1. The van der Waals surface area contributed by atoms with Crippen LogP contribution in [0.3, 0.4) is 0 Å². The van der Waals surface area contributed by atoms with Gasteiger partial charge in [-0.25, -0.2) is 4.79 Å². The van der Waals surface area contributed by atoms with E-state index in [9.17, 15) is 14.7 Å². The minimum Gasteiger partial charge on any atom is -0.387 e. The number of aliphatic hydroxyl groups is 1. The predicted octanol–water partition coefficient (Wildman–Crippen LogP) is 0.106. The van der Waals surface area contributed by atoms with Crippen molar-refractivity contribution in [1.82, 2.24) is 19.1 Å². The number of anilines is 1. The molecule has 0 spiro atoms. The van der Waals surface area contributed by atoms with Gasteiger partial charge in [-0.2, -0.15) is 4.98 Å². The molecule has 0 radical (unpaired) electrons. The minimum absolute atomic E-state index is 0.220. The molecule has 0 saturated heterocycles. The van der Waals surface area contributed by atoms with Gasteiger partial charge >= 0.3 is 5.69 Å². The van der Waals surface area contributed by atoms with Gasteiger partial charge in [0.05, 0.1) is 6.10 Å². The third-order valence-corrected chi connectivity index (χ3v) is 3.77. The molecule has 0 bridgehead atoms. The fourth-order valence-electron chi connectivity index (χ4n) is 2.41. The Labute approximate surface area is 131 Å². The van der Waals surface area contributed by atoms with Crippen molar-refractivity contribution in [3.63, 3.8) is 0 Å². The number of aryl methyl sites for hydroxylation is 1. The van der Waals surface area contributed by atoms with Crippen LogP contribution in [0.5, 0.6) is 0 Å². The van der Waals surface area contributed by atoms with Crippen molar-refractivity contribution in [1.29, 1.82) is 0 Å². The summed E-state index contributed by atoms with van der Waals surface area (Å²) < 4.78 is 2.55. The molecule has 0 amide bonds. The predicted molar refractivity (Wildman–Crippen MR) is 86.5 cm³/mol. The molecule has 3 rings (SSSR count). The molecule has 0 fully saturated rings. The average molecular weight is 315 g/mol. The number of rotatable bonds is 4. The van der Waals surface area contributed by atoms with Crippen molar-refractivity contribution in [2.75, 3.05) is 11.9 Å². The third kappa shape index (κ3) is 2.64. The maximum Gasteiger partial charge on any atom is 0.329 e. The van der Waals surface area contributed by atoms with E-state index in [1.807, 2.05) is 30.3 Å². The lowest BCUT2D eigenvalue weighted by molar-refractivity contribution is 0.191. The monoisotopic (exact) mass is 315 g/mol. The SMILES string of the molecule is Cn1c(=O)[nH]c2nc(NCC(O)c3ccccc3)n(C)c2c1=O. The molecule has 1 atom stereocenters. The van der Waals surface area contributed by atoms with Gasteiger partial charge in [0.2, 0.25) is 5.95 Å². The zero-order valence-electron chi connectivity index (χ0n) is 12.8. The van der Waals surface area contributed by atoms with Crippen LogP contribution in [0.15, 0.2) is 39.9 Å². The first-order chi connectivity index (χ1) is 11.0. The standard InChI is InChI=1S/C15H17N5O3/c1-19-11-12(18-15(23)20(2)13(11)22)17-14(19)16-8-10(21)9-6-4-3-5-7-9/h3-7,10,21H,8H2,1-2H3,(H,16,17)(H,18,23). The van der Waals surface area contributed by atoms with Gasteiger partial charge in [0, 0.05) is 20.6 Å². The van der Waals surface area contributed by atoms with Crippen molar-refractivity contribution in [3.05, 3.63) is 56.7 Å². The number of aromatic nitrogens is 4. The summed E-state index contributed by atoms with van der Waals surface area (Å²) in [7, 11) is 3.08. The molecule has 23 heavy (non-hydrogen) atoms. The Morgan fingerprint density at radius 3 is 2.61 bits per heavy atom. The molecule has 1 unspecified atom stereocenters. The summed E-state index contributed by atoms with van der Waals surface area (Å²) in [5, 5.41) is 13.2. The summed E-state index contributed by atoms with van der Waals surface area (Å²) in [6.07, 6.45) is -0.710. The summed E-state index contributed by atoms with van der Waals surface area (Å²) in [4.78, 5) is 30.5. The number of imidazole rings is 1. The van der Waals surface area contributed by atoms with Crippen LogP contribution in [0.2, 0.25) is 0 Å². The first-order valence-corrected chi connectivity index (χ1v) is 7.11. The van der Waals surface area contributed by atoms with E-state index in [0.717, 1.165) is 10.1 Å². The number of aliphatic hydroxyl groups excluding tert-OH is 1. The molecule has 120 valence electrons. The van der Waals surface area contributed by atoms with Crippen LogP contribution in [0.1, 0.15) is 11.7 Å². The Morgan fingerprint density at radius 1 is 1.22 bits per heavy atom. The van der Waals surface area contributed by atoms with Crippen molar-refractivity contribution >= 4 is 17.1 Å². The highest BCUT2D eigenvalue weighted by Crippen LogP contribution is 2.15. The van der Waals surface area contributed by atoms with Crippen LogP contribution in [0.25, 0.3) is 11.2 Å². The molecular weight excluding hydrogens is 298 g/mol. The van der Waals surface area contributed by atoms with Gasteiger partial charge < -0.3 is 15.0 Å². The number of aromatic amines is 1. The fraction of sp³-hybridized carbons (Fsp3) is 0.267. The first-order valence-electron chi connectivity index (χ1n) is 7.11. The Hall–Kier alpha value is -2.87. The average Bonchev–Trinajstić information content (AvgIpc) is 2.87. The second kappa shape index (κ2) is 5.73. The normalized spacial score (nSPS) is 12.5. The van der Waals surface area contributed by atoms with E-state index >= 15 is 0 Å². The zero-order valence-corrected chi connectivity index (χ0v) is 12.8. The molecule has 0 aliphatic carbocycles. The second-order valence-corrected chi connectivity index (χ2v) is 5.29. The Balaban J connectivity index is 1.90. The van der Waals surface area contributed by atoms with Gasteiger partial charge in [0.15, 0.2) is 11.2 Å². The molecule has 1 aromatic carbocycles. The smallest absolute Gasteiger partial charge is 0.329 e. The number of nitrogens with zero attached hydrogens (tertiary/aromatic N) is 3. The molecule has 8 nitrogen and oxygen atoms in total. The van der Waals surface area contributed by atoms with Gasteiger partial charge in [-0.15, -0.1) is 0 Å². The van der Waals surface area contributed by atoms with Gasteiger partial charge in [-0.05, 0) is 5.56 Å². The quantitative estimate of drug-likeness (QED) is 0.633. The van der Waals surface area contributed by atoms with Crippen LogP contribution in [0, 0.1) is 0 Å². The van der Waals surface area contributed by atoms with Crippen molar-refractivity contribution in [2.24, 2.45) is 14.1 Å². The van der Waals surface area contributed by atoms with Crippen LogP contribution in [-0.4, -0.2) is 30.8 Å².